The van der Waals surface area contributed by atoms with Gasteiger partial charge in [-0.25, -0.2) is 0 Å². The van der Waals surface area contributed by atoms with Crippen LogP contribution in [0.1, 0.15) is 87.8 Å². The molecule has 0 aliphatic carbocycles. The van der Waals surface area contributed by atoms with Crippen LogP contribution in [0, 0.1) is 13.8 Å². The van der Waals surface area contributed by atoms with Crippen LogP contribution in [-0.4, -0.2) is 71.6 Å². The lowest BCUT2D eigenvalue weighted by molar-refractivity contribution is -0.270. The van der Waals surface area contributed by atoms with Crippen LogP contribution in [0.5, 0.6) is 11.5 Å². The average Bonchev–Trinajstić information content (AvgIpc) is 3.07. The van der Waals surface area contributed by atoms with Crippen molar-refractivity contribution in [1.29, 1.82) is 0 Å². The smallest absolute Gasteiger partial charge is 0.0729 e. The number of hydrogen-bond donors (Lipinski definition) is 2. The van der Waals surface area contributed by atoms with Crippen LogP contribution in [0.15, 0.2) is 70.6 Å². The molecule has 3 aliphatic heterocycles. The van der Waals surface area contributed by atoms with Gasteiger partial charge in [0.2, 0.25) is 0 Å². The Morgan fingerprint density at radius 2 is 1.08 bits per heavy atom. The van der Waals surface area contributed by atoms with E-state index in [1.54, 1.807) is 12.4 Å². The monoisotopic (exact) mass is 700 g/mol. The molecule has 8 heteroatoms. The maximum absolute atomic E-state index is 14.1. The fourth-order valence-electron chi connectivity index (χ4n) is 8.28. The highest BCUT2D eigenvalue weighted by atomic mass is 16.3. The molecule has 4 aromatic rings. The molecule has 7 rings (SSSR count). The first-order valence-electron chi connectivity index (χ1n) is 18.9. The van der Waals surface area contributed by atoms with Crippen molar-refractivity contribution in [1.82, 2.24) is 20.4 Å². The predicted octanol–water partition coefficient (Wildman–Crippen LogP) is 7.03. The third kappa shape index (κ3) is 8.92. The van der Waals surface area contributed by atoms with E-state index in [0.717, 1.165) is 83.4 Å². The van der Waals surface area contributed by atoms with Gasteiger partial charge in [0, 0.05) is 80.2 Å². The Balaban J connectivity index is 1.53. The summed E-state index contributed by atoms with van der Waals surface area (Å²) in [5.74, 6) is 0.0197. The summed E-state index contributed by atoms with van der Waals surface area (Å²) < 4.78 is 0. The molecule has 3 aliphatic rings. The van der Waals surface area contributed by atoms with Crippen molar-refractivity contribution in [2.24, 2.45) is 9.98 Å². The molecule has 8 nitrogen and oxygen atoms in total. The zero-order valence-corrected chi connectivity index (χ0v) is 32.3. The normalized spacial score (nSPS) is 24.1. The van der Waals surface area contributed by atoms with E-state index in [1.165, 1.54) is 0 Å². The lowest BCUT2D eigenvalue weighted by atomic mass is 9.93. The zero-order valence-electron chi connectivity index (χ0n) is 32.3. The summed E-state index contributed by atoms with van der Waals surface area (Å²) >= 11 is 0. The molecule has 1 saturated heterocycles. The van der Waals surface area contributed by atoms with Crippen molar-refractivity contribution in [2.75, 3.05) is 26.2 Å². The molecule has 276 valence electrons. The molecule has 0 spiro atoms. The van der Waals surface area contributed by atoms with Gasteiger partial charge in [-0.05, 0) is 108 Å². The number of nitrogens with one attached hydrogen (secondary N) is 2. The van der Waals surface area contributed by atoms with Crippen LogP contribution in [0.2, 0.25) is 0 Å². The molecular formula is C44H56N6O2-2. The summed E-state index contributed by atoms with van der Waals surface area (Å²) in [6.07, 6.45) is 5.24. The number of hydrogen-bond acceptors (Lipinski definition) is 8. The Bertz CT molecular complexity index is 1830. The van der Waals surface area contributed by atoms with Gasteiger partial charge in [0.15, 0.2) is 0 Å². The van der Waals surface area contributed by atoms with Crippen molar-refractivity contribution in [3.63, 3.8) is 0 Å². The largest absolute Gasteiger partial charge is 0.872 e. The molecular weight excluding hydrogens is 645 g/mol. The topological polar surface area (TPSA) is 101 Å². The van der Waals surface area contributed by atoms with Gasteiger partial charge in [-0.3, -0.25) is 19.8 Å². The average molecular weight is 701 g/mol. The van der Waals surface area contributed by atoms with Crippen LogP contribution in [-0.2, 0) is 13.1 Å². The van der Waals surface area contributed by atoms with Gasteiger partial charge in [0.25, 0.3) is 0 Å². The maximum atomic E-state index is 14.1. The number of rotatable bonds is 0. The highest BCUT2D eigenvalue weighted by Crippen LogP contribution is 2.35. The second kappa shape index (κ2) is 15.5. The van der Waals surface area contributed by atoms with Crippen LogP contribution in [0.25, 0.3) is 10.8 Å². The molecule has 4 aromatic carbocycles. The highest BCUT2D eigenvalue weighted by molar-refractivity contribution is 6.04. The van der Waals surface area contributed by atoms with E-state index >= 15 is 0 Å². The predicted molar refractivity (Wildman–Crippen MR) is 213 cm³/mol. The van der Waals surface area contributed by atoms with Crippen LogP contribution in [0.3, 0.4) is 0 Å². The second-order valence-corrected chi connectivity index (χ2v) is 16.5. The number of aryl methyl sites for hydroxylation is 2. The Morgan fingerprint density at radius 1 is 0.654 bits per heavy atom. The minimum atomic E-state index is -0.143. The Kier molecular flexibility index (Phi) is 11.2. The van der Waals surface area contributed by atoms with E-state index in [9.17, 15) is 10.2 Å². The van der Waals surface area contributed by atoms with Crippen LogP contribution < -0.4 is 20.8 Å². The first kappa shape index (κ1) is 37.7. The molecule has 0 saturated carbocycles. The summed E-state index contributed by atoms with van der Waals surface area (Å²) in [4.78, 5) is 14.7. The molecule has 0 radical (unpaired) electrons. The van der Waals surface area contributed by atoms with Gasteiger partial charge in [-0.2, -0.15) is 0 Å². The van der Waals surface area contributed by atoms with E-state index in [-0.39, 0.29) is 34.7 Å². The van der Waals surface area contributed by atoms with E-state index in [0.29, 0.717) is 24.2 Å². The fraction of sp³-hybridized carbons (Fsp3) is 0.455. The molecule has 0 amide bonds. The van der Waals surface area contributed by atoms with Gasteiger partial charge in [-0.1, -0.05) is 71.2 Å². The van der Waals surface area contributed by atoms with Crippen molar-refractivity contribution in [2.45, 2.75) is 104 Å². The van der Waals surface area contributed by atoms with Crippen molar-refractivity contribution >= 4 is 34.6 Å². The number of nitrogens with zero attached hydrogens (tertiary/aromatic N) is 4. The Hall–Kier alpha value is -4.08. The number of aliphatic imine (C=N–C) groups is 2. The van der Waals surface area contributed by atoms with E-state index in [1.807, 2.05) is 74.5 Å². The Labute approximate surface area is 310 Å². The number of benzene rings is 4. The summed E-state index contributed by atoms with van der Waals surface area (Å²) in [6, 6.07) is 20.3. The summed E-state index contributed by atoms with van der Waals surface area (Å²) in [5.41, 5.74) is 5.95. The van der Waals surface area contributed by atoms with E-state index < -0.39 is 0 Å². The molecule has 3 heterocycles. The standard InChI is InChI=1S/C44H58N6O2/c1-29-19-34-25-45-38-13-9-11-33-12-10-14-39(40(33)38)46-26-35-20-30(2)22-37(42(35)52)28-50-18-16-48-43(5,6)23-31(3)49(27-36(21-29)41(34)51)17-15-47-44(7,8)24-32(50)4/h9-14,19-22,25-26,31-32,47-48,51-52H,15-18,23-24,27-28H2,1-8H3/p-2. The molecule has 2 N–H and O–H groups in total. The van der Waals surface area contributed by atoms with Crippen molar-refractivity contribution < 1.29 is 10.2 Å². The summed E-state index contributed by atoms with van der Waals surface area (Å²) in [6.45, 7) is 22.1. The summed E-state index contributed by atoms with van der Waals surface area (Å²) in [5, 5.41) is 37.8. The quantitative estimate of drug-likeness (QED) is 0.204. The minimum absolute atomic E-state index is 0.00986. The van der Waals surface area contributed by atoms with Crippen molar-refractivity contribution in [3.8, 4) is 11.5 Å². The van der Waals surface area contributed by atoms with Gasteiger partial charge in [-0.15, -0.1) is 0 Å². The van der Waals surface area contributed by atoms with Gasteiger partial charge in [0.05, 0.1) is 11.4 Å². The lowest BCUT2D eigenvalue weighted by Gasteiger charge is -2.41. The lowest BCUT2D eigenvalue weighted by Crippen LogP contribution is -2.53. The molecule has 52 heavy (non-hydrogen) atoms. The SMILES string of the molecule is Cc1cc2c([O-])c(c1)CN1CCNC(C)(C)CC(C)N(CCNC(C)(C)CC1C)Cc1cc(C)cc(c1[O-])C=Nc1cccc3cccc(c13)N=C2. The molecule has 4 atom stereocenters. The molecule has 0 aromatic heterocycles. The minimum Gasteiger partial charge on any atom is -0.872 e. The number of fused-ring (bicyclic) bond motifs is 10. The first-order chi connectivity index (χ1) is 24.7. The molecule has 4 unspecified atom stereocenters. The molecule has 6 bridgehead atoms. The van der Waals surface area contributed by atoms with Crippen LogP contribution in [0.4, 0.5) is 11.4 Å². The first-order valence-corrected chi connectivity index (χ1v) is 18.9. The van der Waals surface area contributed by atoms with Gasteiger partial charge in [0.1, 0.15) is 0 Å². The van der Waals surface area contributed by atoms with Crippen LogP contribution >= 0.6 is 0 Å². The third-order valence-electron chi connectivity index (χ3n) is 10.8. The second-order valence-electron chi connectivity index (χ2n) is 16.5. The van der Waals surface area contributed by atoms with Gasteiger partial charge < -0.3 is 20.8 Å². The maximum Gasteiger partial charge on any atom is 0.0729 e. The Morgan fingerprint density at radius 3 is 1.50 bits per heavy atom. The van der Waals surface area contributed by atoms with Gasteiger partial charge >= 0.3 is 0 Å². The third-order valence-corrected chi connectivity index (χ3v) is 10.8. The summed E-state index contributed by atoms with van der Waals surface area (Å²) in [7, 11) is 0. The molecule has 1 fully saturated rings. The highest BCUT2D eigenvalue weighted by Gasteiger charge is 2.29. The zero-order chi connectivity index (χ0) is 37.2. The fourth-order valence-corrected chi connectivity index (χ4v) is 8.28. The van der Waals surface area contributed by atoms with Crippen molar-refractivity contribution in [3.05, 3.63) is 94.0 Å². The van der Waals surface area contributed by atoms with E-state index in [2.05, 4.69) is 62.0 Å². The van der Waals surface area contributed by atoms with E-state index in [4.69, 9.17) is 9.98 Å².